The van der Waals surface area contributed by atoms with E-state index in [0.717, 1.165) is 110 Å². The van der Waals surface area contributed by atoms with Crippen LogP contribution in [0.2, 0.25) is 0 Å². The molecule has 64 heavy (non-hydrogen) atoms. The summed E-state index contributed by atoms with van der Waals surface area (Å²) in [4.78, 5) is 15.6. The third kappa shape index (κ3) is 5.90. The highest BCUT2D eigenvalue weighted by Crippen LogP contribution is 2.44. The van der Waals surface area contributed by atoms with Crippen LogP contribution >= 0.6 is 0 Å². The average molecular weight is 818 g/mol. The SMILES string of the molecule is c1ccc(-c2ccc(-c3nc(-c4ccc5ccccc5c4)nc(-c4ccc(-c5cccc6oc7cc(-c8cccc9oc%10ccccc%10c89)ccc7c56)c5ccccc45)n3)cc2)cc1. The first-order valence-electron chi connectivity index (χ1n) is 21.5. The number of para-hydroxylation sites is 1. The fourth-order valence-electron chi connectivity index (χ4n) is 9.49. The molecule has 298 valence electrons. The van der Waals surface area contributed by atoms with Crippen LogP contribution in [0, 0.1) is 0 Å². The van der Waals surface area contributed by atoms with E-state index in [1.165, 1.54) is 5.39 Å². The van der Waals surface area contributed by atoms with Crippen molar-refractivity contribution in [3.63, 3.8) is 0 Å². The highest BCUT2D eigenvalue weighted by Gasteiger charge is 2.20. The Morgan fingerprint density at radius 3 is 1.59 bits per heavy atom. The van der Waals surface area contributed by atoms with Gasteiger partial charge in [-0.05, 0) is 97.4 Å². The normalized spacial score (nSPS) is 11.8. The van der Waals surface area contributed by atoms with Gasteiger partial charge in [0.05, 0.1) is 0 Å². The molecule has 13 aromatic rings. The first-order valence-corrected chi connectivity index (χ1v) is 21.5. The Morgan fingerprint density at radius 2 is 0.781 bits per heavy atom. The molecule has 0 atom stereocenters. The van der Waals surface area contributed by atoms with Crippen molar-refractivity contribution >= 4 is 65.4 Å². The van der Waals surface area contributed by atoms with Gasteiger partial charge in [-0.1, -0.05) is 170 Å². The maximum absolute atomic E-state index is 6.68. The summed E-state index contributed by atoms with van der Waals surface area (Å²) in [6.07, 6.45) is 0. The lowest BCUT2D eigenvalue weighted by Crippen LogP contribution is -2.01. The summed E-state index contributed by atoms with van der Waals surface area (Å²) in [7, 11) is 0. The second-order valence-corrected chi connectivity index (χ2v) is 16.3. The molecule has 0 N–H and O–H groups in total. The van der Waals surface area contributed by atoms with Gasteiger partial charge in [-0.2, -0.15) is 0 Å². The standard InChI is InChI=1S/C59H35N3O2/c1-2-12-36(13-3-1)38-24-27-39(28-25-38)57-60-58(42-29-26-37-14-4-5-15-40(37)34-42)62-59(61-57)48-33-32-46(44-16-6-7-17-45(44)48)47-20-11-23-53-56(47)50-31-30-41(35-54(50)64-53)43-19-10-22-52-55(43)49-18-8-9-21-51(49)63-52/h1-35H. The van der Waals surface area contributed by atoms with E-state index < -0.39 is 0 Å². The molecule has 3 heterocycles. The molecule has 5 nitrogen and oxygen atoms in total. The summed E-state index contributed by atoms with van der Waals surface area (Å²) in [6, 6.07) is 74.0. The van der Waals surface area contributed by atoms with Crippen molar-refractivity contribution in [2.24, 2.45) is 0 Å². The Balaban J connectivity index is 0.954. The van der Waals surface area contributed by atoms with Crippen molar-refractivity contribution in [3.8, 4) is 67.5 Å². The smallest absolute Gasteiger partial charge is 0.164 e. The molecule has 0 radical (unpaired) electrons. The zero-order chi connectivity index (χ0) is 42.1. The average Bonchev–Trinajstić information content (AvgIpc) is 3.94. The van der Waals surface area contributed by atoms with Crippen LogP contribution in [0.3, 0.4) is 0 Å². The highest BCUT2D eigenvalue weighted by molar-refractivity contribution is 6.18. The monoisotopic (exact) mass is 817 g/mol. The first kappa shape index (κ1) is 36.0. The molecule has 0 amide bonds. The minimum Gasteiger partial charge on any atom is -0.456 e. The van der Waals surface area contributed by atoms with Crippen LogP contribution in [0.25, 0.3) is 133 Å². The molecule has 0 aliphatic heterocycles. The fraction of sp³-hybridized carbons (Fsp3) is 0. The number of fused-ring (bicyclic) bond motifs is 8. The van der Waals surface area contributed by atoms with E-state index >= 15 is 0 Å². The zero-order valence-corrected chi connectivity index (χ0v) is 34.4. The molecule has 0 saturated carbocycles. The van der Waals surface area contributed by atoms with E-state index in [2.05, 4.69) is 188 Å². The van der Waals surface area contributed by atoms with Gasteiger partial charge in [0.15, 0.2) is 17.5 Å². The van der Waals surface area contributed by atoms with Gasteiger partial charge in [0.1, 0.15) is 22.3 Å². The van der Waals surface area contributed by atoms with Crippen LogP contribution in [0.1, 0.15) is 0 Å². The maximum atomic E-state index is 6.68. The third-order valence-corrected chi connectivity index (χ3v) is 12.6. The van der Waals surface area contributed by atoms with Crippen LogP contribution in [-0.4, -0.2) is 15.0 Å². The Labute approximate surface area is 367 Å². The van der Waals surface area contributed by atoms with Gasteiger partial charge < -0.3 is 8.83 Å². The van der Waals surface area contributed by atoms with Gasteiger partial charge in [-0.3, -0.25) is 0 Å². The molecule has 10 aromatic carbocycles. The van der Waals surface area contributed by atoms with E-state index in [0.29, 0.717) is 17.5 Å². The molecular weight excluding hydrogens is 783 g/mol. The largest absolute Gasteiger partial charge is 0.456 e. The number of furan rings is 2. The van der Waals surface area contributed by atoms with Gasteiger partial charge in [-0.25, -0.2) is 15.0 Å². The van der Waals surface area contributed by atoms with E-state index in [1.54, 1.807) is 0 Å². The molecule has 0 bridgehead atoms. The number of nitrogens with zero attached hydrogens (tertiary/aromatic N) is 3. The molecule has 0 fully saturated rings. The minimum absolute atomic E-state index is 0.614. The molecule has 5 heteroatoms. The van der Waals surface area contributed by atoms with Crippen molar-refractivity contribution < 1.29 is 8.83 Å². The molecular formula is C59H35N3O2. The van der Waals surface area contributed by atoms with Crippen LogP contribution < -0.4 is 0 Å². The quantitative estimate of drug-likeness (QED) is 0.167. The van der Waals surface area contributed by atoms with Crippen molar-refractivity contribution in [1.29, 1.82) is 0 Å². The summed E-state index contributed by atoms with van der Waals surface area (Å²) >= 11 is 0. The first-order chi connectivity index (χ1) is 31.7. The molecule has 3 aromatic heterocycles. The summed E-state index contributed by atoms with van der Waals surface area (Å²) in [6.45, 7) is 0. The van der Waals surface area contributed by atoms with Gasteiger partial charge in [0, 0.05) is 38.2 Å². The number of hydrogen-bond donors (Lipinski definition) is 0. The minimum atomic E-state index is 0.614. The predicted octanol–water partition coefficient (Wildman–Crippen LogP) is 16.0. The molecule has 0 aliphatic carbocycles. The molecule has 0 unspecified atom stereocenters. The summed E-state index contributed by atoms with van der Waals surface area (Å²) in [5, 5.41) is 8.79. The van der Waals surface area contributed by atoms with E-state index in [-0.39, 0.29) is 0 Å². The zero-order valence-electron chi connectivity index (χ0n) is 34.4. The fourth-order valence-corrected chi connectivity index (χ4v) is 9.49. The Hall–Kier alpha value is -8.67. The van der Waals surface area contributed by atoms with Gasteiger partial charge in [0.2, 0.25) is 0 Å². The second kappa shape index (κ2) is 14.5. The van der Waals surface area contributed by atoms with Crippen LogP contribution in [0.4, 0.5) is 0 Å². The Bertz CT molecular complexity index is 3960. The lowest BCUT2D eigenvalue weighted by Gasteiger charge is -2.14. The van der Waals surface area contributed by atoms with Crippen molar-refractivity contribution in [2.45, 2.75) is 0 Å². The lowest BCUT2D eigenvalue weighted by atomic mass is 9.92. The number of benzene rings is 10. The Kier molecular flexibility index (Phi) is 8.15. The van der Waals surface area contributed by atoms with Crippen LogP contribution in [0.5, 0.6) is 0 Å². The van der Waals surface area contributed by atoms with Crippen molar-refractivity contribution in [2.75, 3.05) is 0 Å². The van der Waals surface area contributed by atoms with E-state index in [9.17, 15) is 0 Å². The topological polar surface area (TPSA) is 65.0 Å². The third-order valence-electron chi connectivity index (χ3n) is 12.6. The van der Waals surface area contributed by atoms with Crippen LogP contribution in [-0.2, 0) is 0 Å². The number of hydrogen-bond acceptors (Lipinski definition) is 5. The summed E-state index contributed by atoms with van der Waals surface area (Å²) < 4.78 is 12.9. The maximum Gasteiger partial charge on any atom is 0.164 e. The van der Waals surface area contributed by atoms with Crippen molar-refractivity contribution in [3.05, 3.63) is 212 Å². The molecule has 13 rings (SSSR count). The van der Waals surface area contributed by atoms with Crippen molar-refractivity contribution in [1.82, 2.24) is 15.0 Å². The predicted molar refractivity (Wildman–Crippen MR) is 262 cm³/mol. The second-order valence-electron chi connectivity index (χ2n) is 16.3. The lowest BCUT2D eigenvalue weighted by molar-refractivity contribution is 0.668. The number of aromatic nitrogens is 3. The van der Waals surface area contributed by atoms with Gasteiger partial charge in [0.25, 0.3) is 0 Å². The molecule has 0 aliphatic rings. The van der Waals surface area contributed by atoms with E-state index in [1.807, 2.05) is 24.3 Å². The van der Waals surface area contributed by atoms with E-state index in [4.69, 9.17) is 23.8 Å². The summed E-state index contributed by atoms with van der Waals surface area (Å²) in [5.41, 5.74) is 12.9. The van der Waals surface area contributed by atoms with Gasteiger partial charge in [-0.15, -0.1) is 0 Å². The number of rotatable bonds is 6. The molecule has 0 saturated heterocycles. The highest BCUT2D eigenvalue weighted by atomic mass is 16.3. The van der Waals surface area contributed by atoms with Gasteiger partial charge >= 0.3 is 0 Å². The molecule has 0 spiro atoms. The Morgan fingerprint density at radius 1 is 0.250 bits per heavy atom. The summed E-state index contributed by atoms with van der Waals surface area (Å²) in [5.74, 6) is 1.85. The van der Waals surface area contributed by atoms with Crippen LogP contribution in [0.15, 0.2) is 221 Å².